The van der Waals surface area contributed by atoms with Crippen LogP contribution in [0.15, 0.2) is 41.1 Å². The smallest absolute Gasteiger partial charge is 0.124 e. The van der Waals surface area contributed by atoms with E-state index in [1.807, 2.05) is 18.2 Å². The average Bonchev–Trinajstić information content (AvgIpc) is 2.40. The highest BCUT2D eigenvalue weighted by Crippen LogP contribution is 2.32. The summed E-state index contributed by atoms with van der Waals surface area (Å²) >= 11 is 9.44. The Bertz CT molecular complexity index is 580. The van der Waals surface area contributed by atoms with Gasteiger partial charge in [0.15, 0.2) is 0 Å². The first-order valence-corrected chi connectivity index (χ1v) is 6.73. The van der Waals surface area contributed by atoms with E-state index in [2.05, 4.69) is 26.3 Å². The molecule has 2 aromatic rings. The second kappa shape index (κ2) is 6.34. The van der Waals surface area contributed by atoms with Crippen LogP contribution in [0.2, 0.25) is 5.02 Å². The Labute approximate surface area is 125 Å². The van der Waals surface area contributed by atoms with Gasteiger partial charge in [-0.15, -0.1) is 0 Å². The number of ether oxygens (including phenoxy) is 1. The maximum Gasteiger partial charge on any atom is 0.124 e. The number of hydrogen-bond acceptors (Lipinski definition) is 4. The Morgan fingerprint density at radius 3 is 2.79 bits per heavy atom. The quantitative estimate of drug-likeness (QED) is 0.662. The number of nitrogens with zero attached hydrogens (tertiary/aromatic N) is 1. The van der Waals surface area contributed by atoms with E-state index >= 15 is 0 Å². The Balaban J connectivity index is 2.50. The molecule has 2 rings (SSSR count). The third-order valence-corrected chi connectivity index (χ3v) is 3.40. The molecule has 1 aromatic heterocycles. The van der Waals surface area contributed by atoms with Crippen molar-refractivity contribution < 1.29 is 4.74 Å². The van der Waals surface area contributed by atoms with E-state index in [9.17, 15) is 0 Å². The van der Waals surface area contributed by atoms with E-state index in [1.54, 1.807) is 25.6 Å². The van der Waals surface area contributed by atoms with Gasteiger partial charge in [-0.25, -0.2) is 5.43 Å². The molecule has 100 valence electrons. The number of halogens is 2. The highest BCUT2D eigenvalue weighted by molar-refractivity contribution is 9.10. The monoisotopic (exact) mass is 341 g/mol. The van der Waals surface area contributed by atoms with Crippen LogP contribution in [0.3, 0.4) is 0 Å². The van der Waals surface area contributed by atoms with Crippen molar-refractivity contribution in [2.24, 2.45) is 5.84 Å². The third-order valence-electron chi connectivity index (χ3n) is 2.73. The summed E-state index contributed by atoms with van der Waals surface area (Å²) in [6, 6.07) is 7.10. The maximum atomic E-state index is 6.04. The molecule has 0 radical (unpaired) electrons. The Hall–Kier alpha value is -1.14. The van der Waals surface area contributed by atoms with Gasteiger partial charge in [-0.05, 0) is 45.8 Å². The van der Waals surface area contributed by atoms with Gasteiger partial charge in [-0.3, -0.25) is 10.8 Å². The van der Waals surface area contributed by atoms with Crippen LogP contribution in [0, 0.1) is 0 Å². The molecule has 0 fully saturated rings. The minimum atomic E-state index is -0.251. The molecule has 1 aromatic carbocycles. The average molecular weight is 343 g/mol. The summed E-state index contributed by atoms with van der Waals surface area (Å²) in [7, 11) is 1.61. The van der Waals surface area contributed by atoms with Crippen molar-refractivity contribution in [1.82, 2.24) is 10.4 Å². The fourth-order valence-corrected chi connectivity index (χ4v) is 2.45. The van der Waals surface area contributed by atoms with Gasteiger partial charge >= 0.3 is 0 Å². The minimum absolute atomic E-state index is 0.251. The second-order valence-corrected chi connectivity index (χ2v) is 5.27. The van der Waals surface area contributed by atoms with Gasteiger partial charge in [0.25, 0.3) is 0 Å². The zero-order chi connectivity index (χ0) is 13.8. The van der Waals surface area contributed by atoms with E-state index in [0.717, 1.165) is 15.6 Å². The fourth-order valence-electron chi connectivity index (χ4n) is 1.88. The number of nitrogens with two attached hydrogens (primary N) is 1. The third kappa shape index (κ3) is 3.25. The molecule has 6 heteroatoms. The van der Waals surface area contributed by atoms with Crippen molar-refractivity contribution >= 4 is 27.5 Å². The van der Waals surface area contributed by atoms with Crippen molar-refractivity contribution in [2.75, 3.05) is 7.11 Å². The Morgan fingerprint density at radius 2 is 2.16 bits per heavy atom. The number of pyridine rings is 1. The lowest BCUT2D eigenvalue weighted by Gasteiger charge is -2.19. The fraction of sp³-hybridized carbons (Fsp3) is 0.154. The number of hydrazine groups is 1. The minimum Gasteiger partial charge on any atom is -0.496 e. The molecule has 4 nitrogen and oxygen atoms in total. The topological polar surface area (TPSA) is 60.2 Å². The van der Waals surface area contributed by atoms with E-state index in [1.165, 1.54) is 0 Å². The summed E-state index contributed by atoms with van der Waals surface area (Å²) in [5, 5.41) is 0.624. The van der Waals surface area contributed by atoms with E-state index in [4.69, 9.17) is 22.2 Å². The summed E-state index contributed by atoms with van der Waals surface area (Å²) in [5.41, 5.74) is 4.54. The number of nitrogens with one attached hydrogen (secondary N) is 1. The SMILES string of the molecule is COc1ccc(Cl)cc1C(NN)c1cncc(Br)c1. The number of methoxy groups -OCH3 is 1. The predicted molar refractivity (Wildman–Crippen MR) is 79.1 cm³/mol. The van der Waals surface area contributed by atoms with E-state index < -0.39 is 0 Å². The summed E-state index contributed by atoms with van der Waals surface area (Å²) < 4.78 is 6.23. The van der Waals surface area contributed by atoms with Crippen LogP contribution < -0.4 is 16.0 Å². The van der Waals surface area contributed by atoms with E-state index in [0.29, 0.717) is 10.8 Å². The standard InChI is InChI=1S/C13H13BrClN3O/c1-19-12-3-2-10(15)5-11(12)13(18-16)8-4-9(14)7-17-6-8/h2-7,13,18H,16H2,1H3. The molecular weight excluding hydrogens is 330 g/mol. The van der Waals surface area contributed by atoms with Gasteiger partial charge in [0.05, 0.1) is 13.2 Å². The largest absolute Gasteiger partial charge is 0.496 e. The van der Waals surface area contributed by atoms with Gasteiger partial charge < -0.3 is 4.74 Å². The van der Waals surface area contributed by atoms with E-state index in [-0.39, 0.29) is 6.04 Å². The normalized spacial score (nSPS) is 12.2. The molecule has 1 heterocycles. The molecule has 0 aliphatic carbocycles. The predicted octanol–water partition coefficient (Wildman–Crippen LogP) is 3.06. The van der Waals surface area contributed by atoms with Gasteiger partial charge in [-0.1, -0.05) is 11.6 Å². The molecule has 0 amide bonds. The lowest BCUT2D eigenvalue weighted by molar-refractivity contribution is 0.404. The van der Waals surface area contributed by atoms with Crippen LogP contribution in [0.1, 0.15) is 17.2 Å². The molecule has 0 aliphatic heterocycles. The van der Waals surface area contributed by atoms with Crippen LogP contribution in [-0.2, 0) is 0 Å². The molecule has 0 aliphatic rings. The highest BCUT2D eigenvalue weighted by atomic mass is 79.9. The lowest BCUT2D eigenvalue weighted by Crippen LogP contribution is -2.29. The van der Waals surface area contributed by atoms with Crippen molar-refractivity contribution in [3.05, 3.63) is 57.3 Å². The zero-order valence-corrected chi connectivity index (χ0v) is 12.6. The molecule has 0 bridgehead atoms. The van der Waals surface area contributed by atoms with Crippen molar-refractivity contribution in [2.45, 2.75) is 6.04 Å². The van der Waals surface area contributed by atoms with Crippen LogP contribution in [0.4, 0.5) is 0 Å². The first-order valence-electron chi connectivity index (χ1n) is 5.55. The van der Waals surface area contributed by atoms with Crippen LogP contribution in [0.25, 0.3) is 0 Å². The number of aromatic nitrogens is 1. The summed E-state index contributed by atoms with van der Waals surface area (Å²) in [6.45, 7) is 0. The molecule has 19 heavy (non-hydrogen) atoms. The zero-order valence-electron chi connectivity index (χ0n) is 10.2. The molecule has 0 saturated carbocycles. The summed E-state index contributed by atoms with van der Waals surface area (Å²) in [6.07, 6.45) is 3.46. The molecule has 0 saturated heterocycles. The molecule has 3 N–H and O–H groups in total. The highest BCUT2D eigenvalue weighted by Gasteiger charge is 2.18. The second-order valence-electron chi connectivity index (χ2n) is 3.92. The van der Waals surface area contributed by atoms with Gasteiger partial charge in [0.1, 0.15) is 5.75 Å². The van der Waals surface area contributed by atoms with Crippen LogP contribution >= 0.6 is 27.5 Å². The van der Waals surface area contributed by atoms with Crippen molar-refractivity contribution in [3.63, 3.8) is 0 Å². The summed E-state index contributed by atoms with van der Waals surface area (Å²) in [4.78, 5) is 4.14. The summed E-state index contributed by atoms with van der Waals surface area (Å²) in [5.74, 6) is 6.38. The molecule has 1 unspecified atom stereocenters. The first-order chi connectivity index (χ1) is 9.15. The Kier molecular flexibility index (Phi) is 4.76. The van der Waals surface area contributed by atoms with Gasteiger partial charge in [0.2, 0.25) is 0 Å². The molecule has 1 atom stereocenters. The Morgan fingerprint density at radius 1 is 1.37 bits per heavy atom. The lowest BCUT2D eigenvalue weighted by atomic mass is 10.00. The van der Waals surface area contributed by atoms with Crippen molar-refractivity contribution in [1.29, 1.82) is 0 Å². The number of hydrogen-bond donors (Lipinski definition) is 2. The van der Waals surface area contributed by atoms with Gasteiger partial charge in [0, 0.05) is 27.5 Å². The molecule has 0 spiro atoms. The maximum absolute atomic E-state index is 6.04. The van der Waals surface area contributed by atoms with Crippen LogP contribution in [-0.4, -0.2) is 12.1 Å². The van der Waals surface area contributed by atoms with Crippen LogP contribution in [0.5, 0.6) is 5.75 Å². The van der Waals surface area contributed by atoms with Gasteiger partial charge in [-0.2, -0.15) is 0 Å². The first kappa shape index (κ1) is 14.3. The molecular formula is C13H13BrClN3O. The number of rotatable bonds is 4. The number of benzene rings is 1. The van der Waals surface area contributed by atoms with Crippen molar-refractivity contribution in [3.8, 4) is 5.75 Å².